The molecule has 0 radical (unpaired) electrons. The van der Waals surface area contributed by atoms with Crippen LogP contribution >= 0.6 is 0 Å². The van der Waals surface area contributed by atoms with E-state index in [2.05, 4.69) is 4.98 Å². The van der Waals surface area contributed by atoms with Crippen molar-refractivity contribution >= 4 is 16.9 Å². The van der Waals surface area contributed by atoms with Crippen LogP contribution in [0.4, 0.5) is 5.82 Å². The molecule has 2 aromatic heterocycles. The topological polar surface area (TPSA) is 92.5 Å². The Balaban J connectivity index is 2.31. The number of aliphatic hydroxyl groups is 2. The van der Waals surface area contributed by atoms with Gasteiger partial charge in [0.05, 0.1) is 5.56 Å². The summed E-state index contributed by atoms with van der Waals surface area (Å²) in [6, 6.07) is 9.37. The van der Waals surface area contributed by atoms with E-state index in [0.717, 1.165) is 16.7 Å². The predicted octanol–water partition coefficient (Wildman–Crippen LogP) is 2.68. The normalized spacial score (nSPS) is 11.5. The molecule has 0 spiro atoms. The first-order valence-electron chi connectivity index (χ1n) is 6.60. The SMILES string of the molecule is Cc1ccc(-c2oc3nc(N)c(C)cc3c2C(O)O)cc1. The number of hydrogen-bond acceptors (Lipinski definition) is 5. The number of aryl methyl sites for hydroxylation is 2. The van der Waals surface area contributed by atoms with Crippen molar-refractivity contribution in [1.29, 1.82) is 0 Å². The summed E-state index contributed by atoms with van der Waals surface area (Å²) in [5.74, 6) is 0.767. The third-order valence-electron chi connectivity index (χ3n) is 3.52. The predicted molar refractivity (Wildman–Crippen MR) is 80.5 cm³/mol. The van der Waals surface area contributed by atoms with Crippen molar-refractivity contribution in [2.45, 2.75) is 20.1 Å². The van der Waals surface area contributed by atoms with Crippen LogP contribution in [0.1, 0.15) is 23.0 Å². The average molecular weight is 284 g/mol. The van der Waals surface area contributed by atoms with Crippen molar-refractivity contribution in [3.63, 3.8) is 0 Å². The van der Waals surface area contributed by atoms with Crippen LogP contribution in [0.2, 0.25) is 0 Å². The van der Waals surface area contributed by atoms with E-state index in [9.17, 15) is 10.2 Å². The quantitative estimate of drug-likeness (QED) is 0.629. The van der Waals surface area contributed by atoms with Crippen LogP contribution in [0.5, 0.6) is 0 Å². The van der Waals surface area contributed by atoms with E-state index in [1.807, 2.05) is 38.1 Å². The van der Waals surface area contributed by atoms with Crippen LogP contribution in [0, 0.1) is 13.8 Å². The first kappa shape index (κ1) is 13.6. The lowest BCUT2D eigenvalue weighted by Gasteiger charge is -2.05. The lowest BCUT2D eigenvalue weighted by Crippen LogP contribution is -1.97. The molecule has 3 aromatic rings. The molecule has 108 valence electrons. The highest BCUT2D eigenvalue weighted by Crippen LogP contribution is 2.37. The number of pyridine rings is 1. The number of fused-ring (bicyclic) bond motifs is 1. The minimum Gasteiger partial charge on any atom is -0.437 e. The monoisotopic (exact) mass is 284 g/mol. The lowest BCUT2D eigenvalue weighted by atomic mass is 10.0. The summed E-state index contributed by atoms with van der Waals surface area (Å²) >= 11 is 0. The summed E-state index contributed by atoms with van der Waals surface area (Å²) in [6.07, 6.45) is -1.65. The van der Waals surface area contributed by atoms with Gasteiger partial charge in [-0.05, 0) is 25.5 Å². The number of nitrogens with two attached hydrogens (primary N) is 1. The third kappa shape index (κ3) is 2.26. The fourth-order valence-electron chi connectivity index (χ4n) is 2.33. The van der Waals surface area contributed by atoms with Gasteiger partial charge in [0.1, 0.15) is 11.6 Å². The van der Waals surface area contributed by atoms with Gasteiger partial charge in [-0.25, -0.2) is 0 Å². The molecule has 1 aromatic carbocycles. The smallest absolute Gasteiger partial charge is 0.229 e. The summed E-state index contributed by atoms with van der Waals surface area (Å²) in [7, 11) is 0. The fourth-order valence-corrected chi connectivity index (χ4v) is 2.33. The van der Waals surface area contributed by atoms with Crippen LogP contribution in [0.3, 0.4) is 0 Å². The first-order valence-corrected chi connectivity index (χ1v) is 6.60. The van der Waals surface area contributed by atoms with Gasteiger partial charge in [-0.3, -0.25) is 0 Å². The van der Waals surface area contributed by atoms with Gasteiger partial charge >= 0.3 is 0 Å². The molecule has 21 heavy (non-hydrogen) atoms. The highest BCUT2D eigenvalue weighted by atomic mass is 16.5. The first-order chi connectivity index (χ1) is 9.97. The summed E-state index contributed by atoms with van der Waals surface area (Å²) in [5, 5.41) is 20.0. The second-order valence-corrected chi connectivity index (χ2v) is 5.13. The number of benzene rings is 1. The Hall–Kier alpha value is -2.37. The summed E-state index contributed by atoms with van der Waals surface area (Å²) in [4.78, 5) is 4.17. The molecule has 0 bridgehead atoms. The summed E-state index contributed by atoms with van der Waals surface area (Å²) in [6.45, 7) is 3.80. The van der Waals surface area contributed by atoms with Gasteiger partial charge in [0, 0.05) is 10.9 Å². The lowest BCUT2D eigenvalue weighted by molar-refractivity contribution is -0.0412. The Morgan fingerprint density at radius 3 is 2.43 bits per heavy atom. The van der Waals surface area contributed by atoms with Crippen molar-refractivity contribution in [3.05, 3.63) is 47.0 Å². The Bertz CT molecular complexity index is 804. The zero-order valence-corrected chi connectivity index (χ0v) is 11.8. The van der Waals surface area contributed by atoms with Gasteiger partial charge in [-0.15, -0.1) is 0 Å². The molecule has 0 aliphatic rings. The van der Waals surface area contributed by atoms with Gasteiger partial charge in [0.25, 0.3) is 0 Å². The number of rotatable bonds is 2. The molecule has 3 rings (SSSR count). The van der Waals surface area contributed by atoms with E-state index < -0.39 is 6.29 Å². The van der Waals surface area contributed by atoms with E-state index in [4.69, 9.17) is 10.2 Å². The minimum absolute atomic E-state index is 0.303. The van der Waals surface area contributed by atoms with Crippen LogP contribution in [-0.2, 0) is 0 Å². The van der Waals surface area contributed by atoms with Gasteiger partial charge < -0.3 is 20.4 Å². The summed E-state index contributed by atoms with van der Waals surface area (Å²) < 4.78 is 5.71. The Morgan fingerprint density at radius 1 is 1.14 bits per heavy atom. The molecule has 0 atom stereocenters. The second kappa shape index (κ2) is 4.87. The maximum Gasteiger partial charge on any atom is 0.229 e. The maximum absolute atomic E-state index is 9.70. The molecule has 5 heteroatoms. The fraction of sp³-hybridized carbons (Fsp3) is 0.188. The number of aliphatic hydroxyl groups excluding tert-OH is 1. The van der Waals surface area contributed by atoms with Crippen LogP contribution in [-0.4, -0.2) is 15.2 Å². The number of hydrogen-bond donors (Lipinski definition) is 3. The molecule has 0 saturated heterocycles. The minimum atomic E-state index is -1.65. The molecule has 0 aliphatic carbocycles. The Labute approximate surface area is 121 Å². The number of furan rings is 1. The van der Waals surface area contributed by atoms with E-state index in [1.54, 1.807) is 6.07 Å². The summed E-state index contributed by atoms with van der Waals surface area (Å²) in [5.41, 5.74) is 9.03. The Morgan fingerprint density at radius 2 is 1.81 bits per heavy atom. The van der Waals surface area contributed by atoms with Crippen molar-refractivity contribution in [2.75, 3.05) is 5.73 Å². The number of anilines is 1. The zero-order chi connectivity index (χ0) is 15.1. The van der Waals surface area contributed by atoms with Crippen molar-refractivity contribution in [1.82, 2.24) is 4.98 Å². The van der Waals surface area contributed by atoms with E-state index in [1.165, 1.54) is 0 Å². The molecule has 4 N–H and O–H groups in total. The van der Waals surface area contributed by atoms with Crippen molar-refractivity contribution < 1.29 is 14.6 Å². The molecule has 2 heterocycles. The van der Waals surface area contributed by atoms with Gasteiger partial charge in [-0.1, -0.05) is 29.8 Å². The highest BCUT2D eigenvalue weighted by molar-refractivity contribution is 5.87. The molecular weight excluding hydrogens is 268 g/mol. The Kier molecular flexibility index (Phi) is 3.16. The van der Waals surface area contributed by atoms with E-state index in [0.29, 0.717) is 28.2 Å². The molecule has 5 nitrogen and oxygen atoms in total. The maximum atomic E-state index is 9.70. The van der Waals surface area contributed by atoms with Crippen LogP contribution in [0.25, 0.3) is 22.4 Å². The van der Waals surface area contributed by atoms with Crippen LogP contribution < -0.4 is 5.73 Å². The van der Waals surface area contributed by atoms with Gasteiger partial charge in [0.2, 0.25) is 5.71 Å². The number of aromatic nitrogens is 1. The number of nitrogens with zero attached hydrogens (tertiary/aromatic N) is 1. The van der Waals surface area contributed by atoms with Gasteiger partial charge in [0.15, 0.2) is 6.29 Å². The zero-order valence-electron chi connectivity index (χ0n) is 11.8. The van der Waals surface area contributed by atoms with E-state index in [-0.39, 0.29) is 0 Å². The molecule has 0 unspecified atom stereocenters. The largest absolute Gasteiger partial charge is 0.437 e. The molecular formula is C16H16N2O3. The van der Waals surface area contributed by atoms with Crippen molar-refractivity contribution in [2.24, 2.45) is 0 Å². The standard InChI is InChI=1S/C16H16N2O3/c1-8-3-5-10(6-4-8)13-12(16(19)20)11-7-9(2)14(17)18-15(11)21-13/h3-7,16,19-20H,1-2H3,(H2,17,18). The molecule has 0 fully saturated rings. The van der Waals surface area contributed by atoms with E-state index >= 15 is 0 Å². The van der Waals surface area contributed by atoms with Gasteiger partial charge in [-0.2, -0.15) is 4.98 Å². The third-order valence-corrected chi connectivity index (χ3v) is 3.52. The van der Waals surface area contributed by atoms with Crippen LogP contribution in [0.15, 0.2) is 34.7 Å². The molecule has 0 amide bonds. The molecule has 0 saturated carbocycles. The second-order valence-electron chi connectivity index (χ2n) is 5.13. The van der Waals surface area contributed by atoms with Crippen molar-refractivity contribution in [3.8, 4) is 11.3 Å². The highest BCUT2D eigenvalue weighted by Gasteiger charge is 2.22. The molecule has 0 aliphatic heterocycles. The number of nitrogen functional groups attached to an aromatic ring is 1. The average Bonchev–Trinajstić information content (AvgIpc) is 2.78.